The SMILES string of the molecule is CN(C)CCN(C(=O)c1ccnn1C)c1nc2ccccc2s1.Cl. The van der Waals surface area contributed by atoms with Gasteiger partial charge in [-0.3, -0.25) is 14.4 Å². The molecule has 0 saturated heterocycles. The topological polar surface area (TPSA) is 54.3 Å². The summed E-state index contributed by atoms with van der Waals surface area (Å²) in [6.45, 7) is 1.34. The summed E-state index contributed by atoms with van der Waals surface area (Å²) in [4.78, 5) is 21.3. The van der Waals surface area contributed by atoms with Gasteiger partial charge >= 0.3 is 0 Å². The van der Waals surface area contributed by atoms with Crippen molar-refractivity contribution in [3.63, 3.8) is 0 Å². The Bertz CT molecular complexity index is 796. The van der Waals surface area contributed by atoms with Gasteiger partial charge < -0.3 is 4.90 Å². The molecule has 0 fully saturated rings. The molecule has 8 heteroatoms. The molecule has 0 unspecified atom stereocenters. The highest BCUT2D eigenvalue weighted by Crippen LogP contribution is 2.29. The fourth-order valence-corrected chi connectivity index (χ4v) is 3.27. The summed E-state index contributed by atoms with van der Waals surface area (Å²) < 4.78 is 2.67. The molecule has 1 aromatic carbocycles. The third kappa shape index (κ3) is 3.75. The standard InChI is InChI=1S/C16H19N5OS.ClH/c1-19(2)10-11-21(15(22)13-8-9-17-20(13)3)16-18-12-6-4-5-7-14(12)23-16;/h4-9H,10-11H2,1-3H3;1H. The van der Waals surface area contributed by atoms with Gasteiger partial charge in [0, 0.05) is 26.3 Å². The van der Waals surface area contributed by atoms with Crippen LogP contribution in [0.1, 0.15) is 10.5 Å². The van der Waals surface area contributed by atoms with Crippen molar-refractivity contribution in [1.29, 1.82) is 0 Å². The Kier molecular flexibility index (Phi) is 5.93. The minimum Gasteiger partial charge on any atom is -0.308 e. The molecule has 128 valence electrons. The van der Waals surface area contributed by atoms with Gasteiger partial charge in [0.1, 0.15) is 5.69 Å². The Morgan fingerprint density at radius 2 is 1.96 bits per heavy atom. The molecule has 0 saturated carbocycles. The number of hydrogen-bond acceptors (Lipinski definition) is 5. The highest BCUT2D eigenvalue weighted by atomic mass is 35.5. The number of carbonyl (C=O) groups is 1. The lowest BCUT2D eigenvalue weighted by atomic mass is 10.3. The van der Waals surface area contributed by atoms with E-state index in [0.717, 1.165) is 21.9 Å². The summed E-state index contributed by atoms with van der Waals surface area (Å²) in [5, 5.41) is 4.82. The smallest absolute Gasteiger partial charge is 0.278 e. The zero-order valence-electron chi connectivity index (χ0n) is 13.8. The Labute approximate surface area is 151 Å². The van der Waals surface area contributed by atoms with Gasteiger partial charge in [0.05, 0.1) is 10.2 Å². The van der Waals surface area contributed by atoms with Crippen molar-refractivity contribution < 1.29 is 4.79 Å². The summed E-state index contributed by atoms with van der Waals surface area (Å²) >= 11 is 1.53. The van der Waals surface area contributed by atoms with Crippen LogP contribution in [0.3, 0.4) is 0 Å². The molecule has 0 N–H and O–H groups in total. The van der Waals surface area contributed by atoms with Crippen molar-refractivity contribution in [1.82, 2.24) is 19.7 Å². The van der Waals surface area contributed by atoms with Crippen LogP contribution in [-0.2, 0) is 7.05 Å². The number of nitrogens with zero attached hydrogens (tertiary/aromatic N) is 5. The van der Waals surface area contributed by atoms with Crippen LogP contribution in [0.4, 0.5) is 5.13 Å². The van der Waals surface area contributed by atoms with Crippen molar-refractivity contribution in [2.24, 2.45) is 7.05 Å². The molecule has 0 atom stereocenters. The summed E-state index contributed by atoms with van der Waals surface area (Å²) in [5.74, 6) is -0.0779. The number of benzene rings is 1. The summed E-state index contributed by atoms with van der Waals surface area (Å²) in [6, 6.07) is 9.66. The van der Waals surface area contributed by atoms with Crippen LogP contribution in [0, 0.1) is 0 Å². The van der Waals surface area contributed by atoms with Crippen LogP contribution >= 0.6 is 23.7 Å². The number of para-hydroxylation sites is 1. The number of rotatable bonds is 5. The van der Waals surface area contributed by atoms with E-state index < -0.39 is 0 Å². The molecule has 3 aromatic rings. The Hall–Kier alpha value is -1.96. The number of anilines is 1. The number of thiazole rings is 1. The molecule has 2 heterocycles. The van der Waals surface area contributed by atoms with Gasteiger partial charge in [0.25, 0.3) is 5.91 Å². The van der Waals surface area contributed by atoms with E-state index >= 15 is 0 Å². The van der Waals surface area contributed by atoms with Crippen LogP contribution in [-0.4, -0.2) is 52.8 Å². The minimum absolute atomic E-state index is 0. The van der Waals surface area contributed by atoms with Crippen LogP contribution in [0.25, 0.3) is 10.2 Å². The number of carbonyl (C=O) groups excluding carboxylic acids is 1. The molecule has 0 aliphatic carbocycles. The van der Waals surface area contributed by atoms with Crippen LogP contribution < -0.4 is 4.90 Å². The molecular formula is C16H20ClN5OS. The van der Waals surface area contributed by atoms with Gasteiger partial charge in [-0.2, -0.15) is 5.10 Å². The molecule has 0 aliphatic heterocycles. The molecule has 1 amide bonds. The predicted molar refractivity (Wildman–Crippen MR) is 100 cm³/mol. The van der Waals surface area contributed by atoms with Crippen LogP contribution in [0.2, 0.25) is 0 Å². The fourth-order valence-electron chi connectivity index (χ4n) is 2.28. The molecule has 24 heavy (non-hydrogen) atoms. The average molecular weight is 366 g/mol. The van der Waals surface area contributed by atoms with E-state index in [0.29, 0.717) is 12.2 Å². The maximum atomic E-state index is 12.9. The number of amides is 1. The van der Waals surface area contributed by atoms with Gasteiger partial charge in [-0.15, -0.1) is 12.4 Å². The normalized spacial score (nSPS) is 10.8. The van der Waals surface area contributed by atoms with Crippen molar-refractivity contribution in [2.75, 3.05) is 32.1 Å². The first kappa shape index (κ1) is 18.4. The first-order valence-electron chi connectivity index (χ1n) is 7.36. The van der Waals surface area contributed by atoms with E-state index in [-0.39, 0.29) is 18.3 Å². The van der Waals surface area contributed by atoms with Crippen molar-refractivity contribution >= 4 is 45.0 Å². The number of likely N-dealkylation sites (N-methyl/N-ethyl adjacent to an activating group) is 1. The Balaban J connectivity index is 0.00000208. The molecule has 2 aromatic heterocycles. The highest BCUT2D eigenvalue weighted by Gasteiger charge is 2.23. The summed E-state index contributed by atoms with van der Waals surface area (Å²) in [5.41, 5.74) is 1.48. The van der Waals surface area contributed by atoms with E-state index in [1.807, 2.05) is 38.4 Å². The van der Waals surface area contributed by atoms with E-state index in [9.17, 15) is 4.79 Å². The Morgan fingerprint density at radius 1 is 1.21 bits per heavy atom. The molecule has 6 nitrogen and oxygen atoms in total. The van der Waals surface area contributed by atoms with Gasteiger partial charge in [-0.25, -0.2) is 4.98 Å². The third-order valence-corrected chi connectivity index (χ3v) is 4.63. The predicted octanol–water partition coefficient (Wildman–Crippen LogP) is 2.66. The lowest BCUT2D eigenvalue weighted by Gasteiger charge is -2.21. The van der Waals surface area contributed by atoms with Crippen LogP contribution in [0.15, 0.2) is 36.5 Å². The zero-order chi connectivity index (χ0) is 16.4. The Morgan fingerprint density at radius 3 is 2.58 bits per heavy atom. The lowest BCUT2D eigenvalue weighted by Crippen LogP contribution is -2.37. The second-order valence-electron chi connectivity index (χ2n) is 5.56. The van der Waals surface area contributed by atoms with E-state index in [2.05, 4.69) is 15.0 Å². The summed E-state index contributed by atoms with van der Waals surface area (Å²) in [6.07, 6.45) is 1.63. The number of fused-ring (bicyclic) bond motifs is 1. The van der Waals surface area contributed by atoms with E-state index in [4.69, 9.17) is 0 Å². The first-order chi connectivity index (χ1) is 11.1. The number of halogens is 1. The maximum Gasteiger partial charge on any atom is 0.278 e. The number of aryl methyl sites for hydroxylation is 1. The average Bonchev–Trinajstić information content (AvgIpc) is 3.12. The van der Waals surface area contributed by atoms with Gasteiger partial charge in [-0.05, 0) is 32.3 Å². The molecule has 0 spiro atoms. The molecule has 0 aliphatic rings. The quantitative estimate of drug-likeness (QED) is 0.697. The van der Waals surface area contributed by atoms with E-state index in [1.165, 1.54) is 11.3 Å². The monoisotopic (exact) mass is 365 g/mol. The zero-order valence-corrected chi connectivity index (χ0v) is 15.5. The molecule has 3 rings (SSSR count). The van der Waals surface area contributed by atoms with Gasteiger partial charge in [-0.1, -0.05) is 23.5 Å². The lowest BCUT2D eigenvalue weighted by molar-refractivity contribution is 0.0976. The second-order valence-corrected chi connectivity index (χ2v) is 6.57. The number of aromatic nitrogens is 3. The van der Waals surface area contributed by atoms with Crippen molar-refractivity contribution in [2.45, 2.75) is 0 Å². The summed E-state index contributed by atoms with van der Waals surface area (Å²) in [7, 11) is 5.76. The van der Waals surface area contributed by atoms with E-state index in [1.54, 1.807) is 28.9 Å². The second kappa shape index (κ2) is 7.74. The van der Waals surface area contributed by atoms with Crippen molar-refractivity contribution in [3.8, 4) is 0 Å². The van der Waals surface area contributed by atoms with Gasteiger partial charge in [0.2, 0.25) is 0 Å². The molecule has 0 bridgehead atoms. The fraction of sp³-hybridized carbons (Fsp3) is 0.312. The maximum absolute atomic E-state index is 12.9. The van der Waals surface area contributed by atoms with Gasteiger partial charge in [0.15, 0.2) is 5.13 Å². The molecule has 0 radical (unpaired) electrons. The number of hydrogen-bond donors (Lipinski definition) is 0. The highest BCUT2D eigenvalue weighted by molar-refractivity contribution is 7.22. The molecular weight excluding hydrogens is 346 g/mol. The van der Waals surface area contributed by atoms with Crippen LogP contribution in [0.5, 0.6) is 0 Å². The van der Waals surface area contributed by atoms with Crippen molar-refractivity contribution in [3.05, 3.63) is 42.2 Å². The third-order valence-electron chi connectivity index (χ3n) is 3.57. The minimum atomic E-state index is -0.0779. The largest absolute Gasteiger partial charge is 0.308 e. The first-order valence-corrected chi connectivity index (χ1v) is 8.18.